The normalized spacial score (nSPS) is 22.6. The topological polar surface area (TPSA) is 72.0 Å². The quantitative estimate of drug-likeness (QED) is 0.782. The van der Waals surface area contributed by atoms with Crippen LogP contribution in [0.2, 0.25) is 0 Å². The van der Waals surface area contributed by atoms with Crippen LogP contribution in [0.15, 0.2) is 42.6 Å². The molecule has 4 heterocycles. The molecule has 3 aliphatic rings. The molecule has 156 valence electrons. The zero-order valence-corrected chi connectivity index (χ0v) is 17.0. The van der Waals surface area contributed by atoms with Gasteiger partial charge in [0.15, 0.2) is 5.79 Å². The lowest BCUT2D eigenvalue weighted by Gasteiger charge is -2.38. The molecule has 2 amide bonds. The monoisotopic (exact) mass is 407 g/mol. The van der Waals surface area contributed by atoms with Gasteiger partial charge in [0.05, 0.1) is 36.9 Å². The maximum absolute atomic E-state index is 13.2. The molecule has 30 heavy (non-hydrogen) atoms. The lowest BCUT2D eigenvalue weighted by Crippen LogP contribution is -2.48. The summed E-state index contributed by atoms with van der Waals surface area (Å²) in [4.78, 5) is 34.4. The van der Waals surface area contributed by atoms with Crippen LogP contribution in [0.25, 0.3) is 0 Å². The molecule has 0 radical (unpaired) electrons. The van der Waals surface area contributed by atoms with E-state index < -0.39 is 11.8 Å². The van der Waals surface area contributed by atoms with Crippen molar-refractivity contribution in [3.8, 4) is 0 Å². The standard InChI is InChI=1S/C23H25N3O4/c1-16-4-2-5-17(14-16)26-19(21-18(22(26)28)6-3-9-24-21)15-20(27)25-10-7-23(8-11-25)29-12-13-30-23/h2-6,9,14,19H,7-8,10-13,15H2,1H3. The predicted molar refractivity (Wildman–Crippen MR) is 110 cm³/mol. The molecule has 7 heteroatoms. The van der Waals surface area contributed by atoms with E-state index in [4.69, 9.17) is 9.47 Å². The number of benzene rings is 1. The van der Waals surface area contributed by atoms with Crippen LogP contribution in [0.5, 0.6) is 0 Å². The van der Waals surface area contributed by atoms with Gasteiger partial charge in [-0.25, -0.2) is 0 Å². The van der Waals surface area contributed by atoms with Crippen molar-refractivity contribution in [1.82, 2.24) is 9.88 Å². The van der Waals surface area contributed by atoms with Crippen molar-refractivity contribution in [3.05, 3.63) is 59.4 Å². The number of hydrogen-bond acceptors (Lipinski definition) is 5. The zero-order chi connectivity index (χ0) is 20.7. The van der Waals surface area contributed by atoms with E-state index in [9.17, 15) is 9.59 Å². The first kappa shape index (κ1) is 19.2. The molecule has 1 spiro atoms. The molecule has 0 aliphatic carbocycles. The molecule has 1 aromatic carbocycles. The number of ether oxygens (including phenoxy) is 2. The highest BCUT2D eigenvalue weighted by Gasteiger charge is 2.43. The van der Waals surface area contributed by atoms with Gasteiger partial charge in [0, 0.05) is 37.8 Å². The Morgan fingerprint density at radius 3 is 2.67 bits per heavy atom. The third-order valence-electron chi connectivity index (χ3n) is 6.25. The molecule has 3 aliphatic heterocycles. The fourth-order valence-electron chi connectivity index (χ4n) is 4.70. The maximum atomic E-state index is 13.2. The van der Waals surface area contributed by atoms with Gasteiger partial charge in [-0.3, -0.25) is 19.5 Å². The molecule has 0 bridgehead atoms. The Kier molecular flexibility index (Phi) is 4.79. The van der Waals surface area contributed by atoms with Gasteiger partial charge in [-0.1, -0.05) is 12.1 Å². The van der Waals surface area contributed by atoms with E-state index in [1.165, 1.54) is 0 Å². The number of amides is 2. The first-order chi connectivity index (χ1) is 14.6. The van der Waals surface area contributed by atoms with Crippen LogP contribution in [0.1, 0.15) is 46.9 Å². The highest BCUT2D eigenvalue weighted by Crippen LogP contribution is 2.39. The van der Waals surface area contributed by atoms with Crippen LogP contribution in [-0.2, 0) is 14.3 Å². The summed E-state index contributed by atoms with van der Waals surface area (Å²) in [6.45, 7) is 4.42. The summed E-state index contributed by atoms with van der Waals surface area (Å²) in [6.07, 6.45) is 3.25. The fraction of sp³-hybridized carbons (Fsp3) is 0.435. The van der Waals surface area contributed by atoms with E-state index >= 15 is 0 Å². The van der Waals surface area contributed by atoms with Crippen LogP contribution >= 0.6 is 0 Å². The Bertz CT molecular complexity index is 976. The Hall–Kier alpha value is -2.77. The number of aromatic nitrogens is 1. The molecule has 2 aromatic rings. The molecule has 0 N–H and O–H groups in total. The van der Waals surface area contributed by atoms with Crippen molar-refractivity contribution in [2.45, 2.75) is 38.0 Å². The molecular weight excluding hydrogens is 382 g/mol. The van der Waals surface area contributed by atoms with Crippen molar-refractivity contribution in [2.24, 2.45) is 0 Å². The van der Waals surface area contributed by atoms with Gasteiger partial charge in [0.2, 0.25) is 5.91 Å². The number of nitrogens with zero attached hydrogens (tertiary/aromatic N) is 3. The first-order valence-corrected chi connectivity index (χ1v) is 10.5. The second-order valence-corrected chi connectivity index (χ2v) is 8.16. The van der Waals surface area contributed by atoms with Crippen molar-refractivity contribution < 1.29 is 19.1 Å². The number of piperidine rings is 1. The van der Waals surface area contributed by atoms with Crippen molar-refractivity contribution >= 4 is 17.5 Å². The fourth-order valence-corrected chi connectivity index (χ4v) is 4.70. The number of rotatable bonds is 3. The van der Waals surface area contributed by atoms with E-state index in [0.29, 0.717) is 50.4 Å². The van der Waals surface area contributed by atoms with Gasteiger partial charge in [-0.2, -0.15) is 0 Å². The van der Waals surface area contributed by atoms with Gasteiger partial charge in [0.25, 0.3) is 5.91 Å². The van der Waals surface area contributed by atoms with E-state index in [-0.39, 0.29) is 18.2 Å². The average Bonchev–Trinajstić information content (AvgIpc) is 3.32. The first-order valence-electron chi connectivity index (χ1n) is 10.5. The number of aryl methyl sites for hydroxylation is 1. The number of hydrogen-bond donors (Lipinski definition) is 0. The number of pyridine rings is 1. The van der Waals surface area contributed by atoms with Crippen molar-refractivity contribution in [2.75, 3.05) is 31.2 Å². The van der Waals surface area contributed by atoms with Crippen LogP contribution in [-0.4, -0.2) is 53.8 Å². The summed E-state index contributed by atoms with van der Waals surface area (Å²) in [5, 5.41) is 0. The summed E-state index contributed by atoms with van der Waals surface area (Å²) in [5.74, 6) is -0.592. The van der Waals surface area contributed by atoms with Gasteiger partial charge in [0.1, 0.15) is 0 Å². The third kappa shape index (κ3) is 3.28. The number of anilines is 1. The zero-order valence-electron chi connectivity index (χ0n) is 17.0. The second kappa shape index (κ2) is 7.49. The molecule has 5 rings (SSSR count). The summed E-state index contributed by atoms with van der Waals surface area (Å²) in [5.41, 5.74) is 3.10. The van der Waals surface area contributed by atoms with Crippen molar-refractivity contribution in [3.63, 3.8) is 0 Å². The summed E-state index contributed by atoms with van der Waals surface area (Å²) in [7, 11) is 0. The van der Waals surface area contributed by atoms with Crippen LogP contribution in [0, 0.1) is 6.92 Å². The molecule has 2 saturated heterocycles. The minimum atomic E-state index is -0.512. The minimum Gasteiger partial charge on any atom is -0.347 e. The predicted octanol–water partition coefficient (Wildman–Crippen LogP) is 2.85. The smallest absolute Gasteiger partial charge is 0.260 e. The van der Waals surface area contributed by atoms with E-state index in [1.807, 2.05) is 36.1 Å². The Balaban J connectivity index is 1.38. The van der Waals surface area contributed by atoms with Crippen molar-refractivity contribution in [1.29, 1.82) is 0 Å². The largest absolute Gasteiger partial charge is 0.347 e. The minimum absolute atomic E-state index is 0.0248. The highest BCUT2D eigenvalue weighted by molar-refractivity contribution is 6.11. The second-order valence-electron chi connectivity index (χ2n) is 8.16. The van der Waals surface area contributed by atoms with Crippen LogP contribution in [0.3, 0.4) is 0 Å². The van der Waals surface area contributed by atoms with E-state index in [2.05, 4.69) is 4.98 Å². The Morgan fingerprint density at radius 2 is 1.93 bits per heavy atom. The molecule has 1 atom stereocenters. The molecule has 0 saturated carbocycles. The van der Waals surface area contributed by atoms with Gasteiger partial charge >= 0.3 is 0 Å². The molecular formula is C23H25N3O4. The lowest BCUT2D eigenvalue weighted by atomic mass is 10.0. The number of likely N-dealkylation sites (tertiary alicyclic amines) is 1. The average molecular weight is 407 g/mol. The maximum Gasteiger partial charge on any atom is 0.260 e. The number of fused-ring (bicyclic) bond motifs is 1. The highest BCUT2D eigenvalue weighted by atomic mass is 16.7. The number of carbonyl (C=O) groups is 2. The molecule has 1 unspecified atom stereocenters. The molecule has 2 fully saturated rings. The Morgan fingerprint density at radius 1 is 1.17 bits per heavy atom. The summed E-state index contributed by atoms with van der Waals surface area (Å²) in [6, 6.07) is 11.0. The van der Waals surface area contributed by atoms with Gasteiger partial charge in [-0.15, -0.1) is 0 Å². The van der Waals surface area contributed by atoms with Gasteiger partial charge in [-0.05, 0) is 36.8 Å². The SMILES string of the molecule is Cc1cccc(N2C(=O)c3cccnc3C2CC(=O)N2CCC3(CC2)OCCO3)c1. The third-order valence-corrected chi connectivity index (χ3v) is 6.25. The summed E-state index contributed by atoms with van der Waals surface area (Å²) < 4.78 is 11.5. The van der Waals surface area contributed by atoms with E-state index in [0.717, 1.165) is 11.3 Å². The Labute approximate surface area is 175 Å². The van der Waals surface area contributed by atoms with E-state index in [1.54, 1.807) is 23.2 Å². The molecule has 7 nitrogen and oxygen atoms in total. The van der Waals surface area contributed by atoms with Gasteiger partial charge < -0.3 is 14.4 Å². The van der Waals surface area contributed by atoms with Crippen LogP contribution < -0.4 is 4.90 Å². The number of carbonyl (C=O) groups excluding carboxylic acids is 2. The molecule has 1 aromatic heterocycles. The summed E-state index contributed by atoms with van der Waals surface area (Å²) >= 11 is 0. The lowest BCUT2D eigenvalue weighted by molar-refractivity contribution is -0.187. The van der Waals surface area contributed by atoms with Crippen LogP contribution in [0.4, 0.5) is 5.69 Å².